The molecule has 0 aliphatic heterocycles. The van der Waals surface area contributed by atoms with Crippen molar-refractivity contribution in [3.8, 4) is 0 Å². The lowest BCUT2D eigenvalue weighted by Crippen LogP contribution is -2.58. The third-order valence-electron chi connectivity index (χ3n) is 4.66. The SMILES string of the molecule is CC(C)(C)N(C(=O)O)[C@@H](Cc1ccccc1)[C@H](O)CNC(=O)OCc1ccccc1. The number of carboxylic acid groups (broad SMARTS) is 1. The highest BCUT2D eigenvalue weighted by Gasteiger charge is 2.37. The molecule has 0 spiro atoms. The predicted molar refractivity (Wildman–Crippen MR) is 114 cm³/mol. The number of aliphatic hydroxyl groups excluding tert-OH is 1. The minimum absolute atomic E-state index is 0.111. The molecule has 2 aromatic rings. The second-order valence-electron chi connectivity index (χ2n) is 8.09. The highest BCUT2D eigenvalue weighted by molar-refractivity contribution is 5.68. The Hall–Kier alpha value is -3.06. The van der Waals surface area contributed by atoms with Crippen molar-refractivity contribution in [2.45, 2.75) is 51.5 Å². The summed E-state index contributed by atoms with van der Waals surface area (Å²) >= 11 is 0. The molecule has 7 nitrogen and oxygen atoms in total. The van der Waals surface area contributed by atoms with Crippen LogP contribution in [0, 0.1) is 0 Å². The van der Waals surface area contributed by atoms with Gasteiger partial charge in [-0.1, -0.05) is 60.7 Å². The van der Waals surface area contributed by atoms with Crippen LogP contribution in [0.2, 0.25) is 0 Å². The number of carbonyl (C=O) groups excluding carboxylic acids is 1. The Morgan fingerprint density at radius 3 is 2.03 bits per heavy atom. The Morgan fingerprint density at radius 2 is 1.53 bits per heavy atom. The third kappa shape index (κ3) is 7.08. The second kappa shape index (κ2) is 10.6. The number of nitrogens with one attached hydrogen (secondary N) is 1. The van der Waals surface area contributed by atoms with Gasteiger partial charge in [-0.25, -0.2) is 9.59 Å². The van der Waals surface area contributed by atoms with Crippen molar-refractivity contribution >= 4 is 12.2 Å². The maximum absolute atomic E-state index is 12.0. The summed E-state index contributed by atoms with van der Waals surface area (Å²) in [7, 11) is 0. The Labute approximate surface area is 177 Å². The van der Waals surface area contributed by atoms with E-state index >= 15 is 0 Å². The molecule has 0 heterocycles. The van der Waals surface area contributed by atoms with Crippen molar-refractivity contribution in [2.75, 3.05) is 6.54 Å². The molecular weight excluding hydrogens is 384 g/mol. The minimum Gasteiger partial charge on any atom is -0.465 e. The van der Waals surface area contributed by atoms with Gasteiger partial charge in [0, 0.05) is 12.1 Å². The highest BCUT2D eigenvalue weighted by atomic mass is 16.5. The molecule has 2 aromatic carbocycles. The molecule has 0 aliphatic rings. The number of benzene rings is 2. The Balaban J connectivity index is 2.05. The van der Waals surface area contributed by atoms with Crippen molar-refractivity contribution in [3.05, 3.63) is 71.8 Å². The van der Waals surface area contributed by atoms with Crippen LogP contribution in [0.15, 0.2) is 60.7 Å². The van der Waals surface area contributed by atoms with Gasteiger partial charge in [-0.15, -0.1) is 0 Å². The molecule has 0 aliphatic carbocycles. The van der Waals surface area contributed by atoms with Gasteiger partial charge in [0.15, 0.2) is 0 Å². The first kappa shape index (κ1) is 23.2. The fourth-order valence-electron chi connectivity index (χ4n) is 3.28. The summed E-state index contributed by atoms with van der Waals surface area (Å²) in [5.74, 6) is 0. The van der Waals surface area contributed by atoms with E-state index in [1.165, 1.54) is 4.90 Å². The summed E-state index contributed by atoms with van der Waals surface area (Å²) in [6.07, 6.45) is -2.61. The standard InChI is InChI=1S/C23H30N2O5/c1-23(2,3)25(22(28)29)19(14-17-10-6-4-7-11-17)20(26)15-24-21(27)30-16-18-12-8-5-9-13-18/h4-13,19-20,26H,14-16H2,1-3H3,(H,24,27)(H,28,29)/t19-,20+/m0/s1. The summed E-state index contributed by atoms with van der Waals surface area (Å²) in [6.45, 7) is 5.29. The van der Waals surface area contributed by atoms with Gasteiger partial charge in [0.25, 0.3) is 0 Å². The molecule has 0 aromatic heterocycles. The number of aliphatic hydroxyl groups is 1. The van der Waals surface area contributed by atoms with Crippen LogP contribution in [0.4, 0.5) is 9.59 Å². The number of carbonyl (C=O) groups is 2. The molecule has 2 rings (SSSR count). The van der Waals surface area contributed by atoms with Crippen LogP contribution in [-0.4, -0.2) is 51.5 Å². The van der Waals surface area contributed by atoms with E-state index in [-0.39, 0.29) is 13.2 Å². The molecule has 0 bridgehead atoms. The van der Waals surface area contributed by atoms with E-state index in [1.54, 1.807) is 20.8 Å². The summed E-state index contributed by atoms with van der Waals surface area (Å²) < 4.78 is 5.16. The highest BCUT2D eigenvalue weighted by Crippen LogP contribution is 2.22. The van der Waals surface area contributed by atoms with Crippen LogP contribution >= 0.6 is 0 Å². The molecule has 0 unspecified atom stereocenters. The molecule has 0 saturated heterocycles. The van der Waals surface area contributed by atoms with Crippen LogP contribution in [0.1, 0.15) is 31.9 Å². The lowest BCUT2D eigenvalue weighted by Gasteiger charge is -2.41. The topological polar surface area (TPSA) is 99.1 Å². The van der Waals surface area contributed by atoms with E-state index in [0.717, 1.165) is 11.1 Å². The van der Waals surface area contributed by atoms with Crippen LogP contribution in [0.3, 0.4) is 0 Å². The molecule has 7 heteroatoms. The van der Waals surface area contributed by atoms with Crippen LogP contribution in [0.25, 0.3) is 0 Å². The molecule has 30 heavy (non-hydrogen) atoms. The smallest absolute Gasteiger partial charge is 0.408 e. The predicted octanol–water partition coefficient (Wildman–Crippen LogP) is 3.66. The maximum atomic E-state index is 12.0. The van der Waals surface area contributed by atoms with Crippen LogP contribution in [0.5, 0.6) is 0 Å². The average Bonchev–Trinajstić information content (AvgIpc) is 2.70. The van der Waals surface area contributed by atoms with Crippen molar-refractivity contribution < 1.29 is 24.5 Å². The maximum Gasteiger partial charge on any atom is 0.408 e. The van der Waals surface area contributed by atoms with Crippen LogP contribution in [-0.2, 0) is 17.8 Å². The summed E-state index contributed by atoms with van der Waals surface area (Å²) in [5.41, 5.74) is 1.00. The van der Waals surface area contributed by atoms with Gasteiger partial charge in [-0.2, -0.15) is 0 Å². The first-order valence-corrected chi connectivity index (χ1v) is 9.87. The van der Waals surface area contributed by atoms with Gasteiger partial charge >= 0.3 is 12.2 Å². The van der Waals surface area contributed by atoms with Gasteiger partial charge in [-0.05, 0) is 38.3 Å². The lowest BCUT2D eigenvalue weighted by atomic mass is 9.94. The first-order chi connectivity index (χ1) is 14.2. The first-order valence-electron chi connectivity index (χ1n) is 9.87. The summed E-state index contributed by atoms with van der Waals surface area (Å²) in [5, 5.41) is 23.1. The zero-order valence-electron chi connectivity index (χ0n) is 17.6. The number of alkyl carbamates (subject to hydrolysis) is 1. The fourth-order valence-corrected chi connectivity index (χ4v) is 3.28. The van der Waals surface area contributed by atoms with E-state index in [9.17, 15) is 19.8 Å². The fraction of sp³-hybridized carbons (Fsp3) is 0.391. The van der Waals surface area contributed by atoms with Crippen molar-refractivity contribution in [1.29, 1.82) is 0 Å². The molecule has 3 N–H and O–H groups in total. The Morgan fingerprint density at radius 1 is 1.00 bits per heavy atom. The number of hydrogen-bond acceptors (Lipinski definition) is 4. The number of rotatable bonds is 8. The average molecular weight is 415 g/mol. The number of ether oxygens (including phenoxy) is 1. The molecule has 2 amide bonds. The van der Waals surface area contributed by atoms with Gasteiger partial charge in [0.1, 0.15) is 6.61 Å². The largest absolute Gasteiger partial charge is 0.465 e. The minimum atomic E-state index is -1.13. The van der Waals surface area contributed by atoms with Crippen molar-refractivity contribution in [1.82, 2.24) is 10.2 Å². The van der Waals surface area contributed by atoms with E-state index in [4.69, 9.17) is 4.74 Å². The van der Waals surface area contributed by atoms with E-state index < -0.39 is 29.9 Å². The quantitative estimate of drug-likeness (QED) is 0.612. The molecule has 0 saturated carbocycles. The van der Waals surface area contributed by atoms with Gasteiger partial charge in [-0.3, -0.25) is 4.90 Å². The lowest BCUT2D eigenvalue weighted by molar-refractivity contribution is 0.00765. The molecular formula is C23H30N2O5. The Bertz CT molecular complexity index is 805. The van der Waals surface area contributed by atoms with Crippen molar-refractivity contribution in [2.24, 2.45) is 0 Å². The number of hydrogen-bond donors (Lipinski definition) is 3. The van der Waals surface area contributed by atoms with E-state index in [1.807, 2.05) is 60.7 Å². The molecule has 0 radical (unpaired) electrons. The third-order valence-corrected chi connectivity index (χ3v) is 4.66. The second-order valence-corrected chi connectivity index (χ2v) is 8.09. The molecule has 162 valence electrons. The Kier molecular flexibility index (Phi) is 8.24. The van der Waals surface area contributed by atoms with Gasteiger partial charge in [0.2, 0.25) is 0 Å². The van der Waals surface area contributed by atoms with Gasteiger partial charge in [0.05, 0.1) is 12.1 Å². The summed E-state index contributed by atoms with van der Waals surface area (Å²) in [4.78, 5) is 25.2. The molecule has 0 fully saturated rings. The number of nitrogens with zero attached hydrogens (tertiary/aromatic N) is 1. The van der Waals surface area contributed by atoms with E-state index in [2.05, 4.69) is 5.32 Å². The van der Waals surface area contributed by atoms with Crippen molar-refractivity contribution in [3.63, 3.8) is 0 Å². The summed E-state index contributed by atoms with van der Waals surface area (Å²) in [6, 6.07) is 17.9. The van der Waals surface area contributed by atoms with Crippen LogP contribution < -0.4 is 5.32 Å². The van der Waals surface area contributed by atoms with Gasteiger partial charge < -0.3 is 20.3 Å². The monoisotopic (exact) mass is 414 g/mol. The van der Waals surface area contributed by atoms with E-state index in [0.29, 0.717) is 6.42 Å². The zero-order chi connectivity index (χ0) is 22.1. The molecule has 2 atom stereocenters. The number of amides is 2. The zero-order valence-corrected chi connectivity index (χ0v) is 17.6. The normalized spacial score (nSPS) is 13.2.